The molecule has 4 aliphatic rings. The lowest BCUT2D eigenvalue weighted by atomic mass is 9.37. The number of nitrogens with zero attached hydrogens (tertiary/aromatic N) is 3. The van der Waals surface area contributed by atoms with E-state index in [9.17, 15) is 14.3 Å². The van der Waals surface area contributed by atoms with Crippen LogP contribution < -0.4 is 0 Å². The van der Waals surface area contributed by atoms with Gasteiger partial charge < -0.3 is 14.5 Å². The number of rotatable bonds is 7. The summed E-state index contributed by atoms with van der Waals surface area (Å²) in [4.78, 5) is 18.7. The average Bonchev–Trinajstić information content (AvgIpc) is 3.50. The molecule has 40 heavy (non-hydrogen) atoms. The zero-order valence-electron chi connectivity index (χ0n) is 21.5. The van der Waals surface area contributed by atoms with Crippen LogP contribution >= 0.6 is 34.5 Å². The summed E-state index contributed by atoms with van der Waals surface area (Å²) in [6, 6.07) is 8.15. The molecule has 0 bridgehead atoms. The van der Waals surface area contributed by atoms with Crippen LogP contribution in [-0.4, -0.2) is 45.8 Å². The molecule has 6 nitrogen and oxygen atoms in total. The number of fused-ring (bicyclic) bond motifs is 1. The van der Waals surface area contributed by atoms with Crippen molar-refractivity contribution < 1.29 is 18.8 Å². The molecule has 0 spiro atoms. The average molecular weight is 599 g/mol. The van der Waals surface area contributed by atoms with Crippen LogP contribution in [0.4, 0.5) is 4.39 Å². The minimum atomic E-state index is -1.12. The molecule has 0 radical (unpaired) electrons. The molecule has 3 aliphatic carbocycles. The standard InChI is InChI=1S/C30H26Cl2FN3O3S/c31-19-2-1-3-20(32)23(19)25-18(27(39-35-25)14-4-5-14)6-7-36-12-16-10-30(11-17(13-36)24(16)30)29-34-26-21(33)8-15(28(37)38)9-22(26)40-29/h1-3,8-9,14,16-17,24H,4-7,10-13H2,(H,37,38). The highest BCUT2D eigenvalue weighted by Gasteiger charge is 2.68. The molecule has 3 saturated carbocycles. The maximum atomic E-state index is 14.6. The second-order valence-corrected chi connectivity index (χ2v) is 13.8. The Labute approximate surface area is 244 Å². The van der Waals surface area contributed by atoms with Crippen molar-refractivity contribution in [3.63, 3.8) is 0 Å². The molecule has 10 heteroatoms. The summed E-state index contributed by atoms with van der Waals surface area (Å²) in [6.45, 7) is 3.00. The van der Waals surface area contributed by atoms with E-state index in [1.165, 1.54) is 11.3 Å². The summed E-state index contributed by atoms with van der Waals surface area (Å²) in [7, 11) is 0. The monoisotopic (exact) mass is 597 g/mol. The number of piperidine rings is 1. The molecule has 2 aromatic heterocycles. The molecule has 1 N–H and O–H groups in total. The van der Waals surface area contributed by atoms with Gasteiger partial charge in [-0.2, -0.15) is 0 Å². The fourth-order valence-electron chi connectivity index (χ4n) is 7.85. The van der Waals surface area contributed by atoms with Crippen LogP contribution in [0.3, 0.4) is 0 Å². The molecule has 2 unspecified atom stereocenters. The predicted octanol–water partition coefficient (Wildman–Crippen LogP) is 7.42. The quantitative estimate of drug-likeness (QED) is 0.239. The van der Waals surface area contributed by atoms with E-state index in [0.29, 0.717) is 43.9 Å². The lowest BCUT2D eigenvalue weighted by Crippen LogP contribution is -2.71. The molecule has 1 saturated heterocycles. The summed E-state index contributed by atoms with van der Waals surface area (Å²) in [5, 5.41) is 15.9. The number of hydrogen-bond donors (Lipinski definition) is 1. The minimum absolute atomic E-state index is 0.0263. The molecular weight excluding hydrogens is 572 g/mol. The van der Waals surface area contributed by atoms with E-state index in [4.69, 9.17) is 32.7 Å². The summed E-state index contributed by atoms with van der Waals surface area (Å²) < 4.78 is 21.1. The van der Waals surface area contributed by atoms with Gasteiger partial charge in [0, 0.05) is 42.1 Å². The van der Waals surface area contributed by atoms with Gasteiger partial charge in [-0.25, -0.2) is 14.2 Å². The topological polar surface area (TPSA) is 79.5 Å². The predicted molar refractivity (Wildman–Crippen MR) is 152 cm³/mol. The summed E-state index contributed by atoms with van der Waals surface area (Å²) in [5.74, 6) is 1.53. The van der Waals surface area contributed by atoms with Gasteiger partial charge in [-0.15, -0.1) is 11.3 Å². The van der Waals surface area contributed by atoms with Gasteiger partial charge in [-0.05, 0) is 74.1 Å². The summed E-state index contributed by atoms with van der Waals surface area (Å²) >= 11 is 14.6. The molecular formula is C30H26Cl2FN3O3S. The Morgan fingerprint density at radius 2 is 1.90 bits per heavy atom. The Kier molecular flexibility index (Phi) is 5.66. The number of thiazole rings is 1. The minimum Gasteiger partial charge on any atom is -0.478 e. The molecule has 4 aromatic rings. The molecule has 206 valence electrons. The third-order valence-corrected chi connectivity index (χ3v) is 11.5. The number of carboxylic acid groups (broad SMARTS) is 1. The van der Waals surface area contributed by atoms with Crippen LogP contribution in [0.25, 0.3) is 21.5 Å². The molecule has 4 fully saturated rings. The molecule has 1 aliphatic heterocycles. The van der Waals surface area contributed by atoms with Crippen LogP contribution in [0.5, 0.6) is 0 Å². The fraction of sp³-hybridized carbons (Fsp3) is 0.433. The van der Waals surface area contributed by atoms with Gasteiger partial charge in [0.15, 0.2) is 5.82 Å². The Bertz CT molecular complexity index is 1660. The third kappa shape index (κ3) is 3.72. The van der Waals surface area contributed by atoms with Crippen molar-refractivity contribution in [2.45, 2.75) is 43.4 Å². The smallest absolute Gasteiger partial charge is 0.335 e. The van der Waals surface area contributed by atoms with Crippen LogP contribution in [-0.2, 0) is 11.8 Å². The highest BCUT2D eigenvalue weighted by atomic mass is 35.5. The molecule has 2 atom stereocenters. The van der Waals surface area contributed by atoms with Crippen molar-refractivity contribution in [1.82, 2.24) is 15.0 Å². The van der Waals surface area contributed by atoms with Crippen molar-refractivity contribution in [3.05, 3.63) is 68.1 Å². The van der Waals surface area contributed by atoms with Crippen LogP contribution in [0, 0.1) is 23.6 Å². The highest BCUT2D eigenvalue weighted by molar-refractivity contribution is 7.18. The Morgan fingerprint density at radius 1 is 1.18 bits per heavy atom. The number of hydrogen-bond acceptors (Lipinski definition) is 6. The largest absolute Gasteiger partial charge is 0.478 e. The molecule has 0 amide bonds. The van der Waals surface area contributed by atoms with Crippen molar-refractivity contribution in [1.29, 1.82) is 0 Å². The number of carbonyl (C=O) groups is 1. The Morgan fingerprint density at radius 3 is 2.58 bits per heavy atom. The van der Waals surface area contributed by atoms with Crippen LogP contribution in [0.1, 0.15) is 58.3 Å². The maximum Gasteiger partial charge on any atom is 0.335 e. The van der Waals surface area contributed by atoms with E-state index in [0.717, 1.165) is 85.4 Å². The first-order valence-electron chi connectivity index (χ1n) is 13.8. The van der Waals surface area contributed by atoms with Crippen molar-refractivity contribution in [2.75, 3.05) is 19.6 Å². The van der Waals surface area contributed by atoms with Gasteiger partial charge in [-0.1, -0.05) is 34.4 Å². The third-order valence-electron chi connectivity index (χ3n) is 9.66. The van der Waals surface area contributed by atoms with E-state index in [2.05, 4.69) is 10.1 Å². The van der Waals surface area contributed by atoms with Gasteiger partial charge in [-0.3, -0.25) is 0 Å². The number of aromatic nitrogens is 2. The number of benzene rings is 2. The lowest BCUT2D eigenvalue weighted by molar-refractivity contribution is -0.172. The zero-order valence-corrected chi connectivity index (χ0v) is 23.8. The van der Waals surface area contributed by atoms with E-state index >= 15 is 0 Å². The van der Waals surface area contributed by atoms with Crippen LogP contribution in [0.2, 0.25) is 10.0 Å². The second kappa shape index (κ2) is 8.99. The normalized spacial score (nSPS) is 27.3. The van der Waals surface area contributed by atoms with E-state index in [1.54, 1.807) is 6.07 Å². The van der Waals surface area contributed by atoms with E-state index in [1.807, 2.05) is 18.2 Å². The number of likely N-dealkylation sites (tertiary alicyclic amines) is 1. The van der Waals surface area contributed by atoms with Gasteiger partial charge in [0.2, 0.25) is 0 Å². The first-order valence-corrected chi connectivity index (χ1v) is 15.4. The molecule has 2 aromatic carbocycles. The van der Waals surface area contributed by atoms with Gasteiger partial charge in [0.25, 0.3) is 0 Å². The van der Waals surface area contributed by atoms with E-state index < -0.39 is 11.8 Å². The summed E-state index contributed by atoms with van der Waals surface area (Å²) in [5.41, 5.74) is 2.96. The fourth-order valence-corrected chi connectivity index (χ4v) is 9.70. The van der Waals surface area contributed by atoms with Crippen molar-refractivity contribution >= 4 is 50.7 Å². The molecule has 8 rings (SSSR count). The Hall–Kier alpha value is -2.52. The van der Waals surface area contributed by atoms with Gasteiger partial charge in [0.1, 0.15) is 22.0 Å². The SMILES string of the molecule is O=C(O)c1cc(F)c2nc(C34CC5CN(CCc6c(-c7c(Cl)cccc7Cl)noc6C6CC6)CC(C3)C54)sc2c1. The Balaban J connectivity index is 0.997. The van der Waals surface area contributed by atoms with Gasteiger partial charge in [0.05, 0.1) is 20.3 Å². The van der Waals surface area contributed by atoms with Crippen molar-refractivity contribution in [2.24, 2.45) is 17.8 Å². The number of aromatic carboxylic acids is 1. The lowest BCUT2D eigenvalue weighted by Gasteiger charge is -2.70. The van der Waals surface area contributed by atoms with Crippen molar-refractivity contribution in [3.8, 4) is 11.3 Å². The molecule has 3 heterocycles. The van der Waals surface area contributed by atoms with Gasteiger partial charge >= 0.3 is 5.97 Å². The maximum absolute atomic E-state index is 14.6. The van der Waals surface area contributed by atoms with E-state index in [-0.39, 0.29) is 11.0 Å². The zero-order chi connectivity index (χ0) is 27.3. The highest BCUT2D eigenvalue weighted by Crippen LogP contribution is 2.70. The first kappa shape index (κ1) is 25.2. The summed E-state index contributed by atoms with van der Waals surface area (Å²) in [6.07, 6.45) is 5.20. The number of halogens is 3. The second-order valence-electron chi connectivity index (χ2n) is 12.0. The van der Waals surface area contributed by atoms with Crippen LogP contribution in [0.15, 0.2) is 34.9 Å². The first-order chi connectivity index (χ1) is 19.3. The number of carboxylic acids is 1.